The predicted octanol–water partition coefficient (Wildman–Crippen LogP) is 3.24. The van der Waals surface area contributed by atoms with E-state index in [0.29, 0.717) is 17.3 Å². The Morgan fingerprint density at radius 2 is 1.96 bits per heavy atom. The summed E-state index contributed by atoms with van der Waals surface area (Å²) in [5.74, 6) is 2.39. The molecule has 118 valence electrons. The number of ether oxygens (including phenoxy) is 1. The molecular formula is C16H15FN4OS. The summed E-state index contributed by atoms with van der Waals surface area (Å²) in [6, 6.07) is 14.2. The van der Waals surface area contributed by atoms with Crippen LogP contribution in [0.3, 0.4) is 0 Å². The lowest BCUT2D eigenvalue weighted by Crippen LogP contribution is -2.02. The van der Waals surface area contributed by atoms with Gasteiger partial charge >= 0.3 is 0 Å². The van der Waals surface area contributed by atoms with E-state index in [1.165, 1.54) is 12.1 Å². The van der Waals surface area contributed by atoms with E-state index in [-0.39, 0.29) is 5.82 Å². The molecule has 0 bridgehead atoms. The topological polar surface area (TPSA) is 52.8 Å². The zero-order chi connectivity index (χ0) is 16.1. The summed E-state index contributed by atoms with van der Waals surface area (Å²) in [5, 5.41) is 11.8. The van der Waals surface area contributed by atoms with E-state index < -0.39 is 0 Å². The Morgan fingerprint density at radius 1 is 1.13 bits per heavy atom. The maximum absolute atomic E-state index is 13.4. The van der Waals surface area contributed by atoms with Crippen molar-refractivity contribution in [3.63, 3.8) is 0 Å². The van der Waals surface area contributed by atoms with Gasteiger partial charge in [-0.15, -0.1) is 16.9 Å². The highest BCUT2D eigenvalue weighted by Crippen LogP contribution is 2.25. The van der Waals surface area contributed by atoms with Gasteiger partial charge in [-0.3, -0.25) is 0 Å². The summed E-state index contributed by atoms with van der Waals surface area (Å²) >= 11 is 1.60. The van der Waals surface area contributed by atoms with Crippen molar-refractivity contribution in [2.24, 2.45) is 0 Å². The Hall–Kier alpha value is -2.41. The normalized spacial score (nSPS) is 10.7. The third kappa shape index (κ3) is 3.68. The minimum atomic E-state index is -0.268. The highest BCUT2D eigenvalue weighted by atomic mass is 32.2. The van der Waals surface area contributed by atoms with Crippen LogP contribution in [0.15, 0.2) is 48.5 Å². The zero-order valence-electron chi connectivity index (χ0n) is 12.5. The van der Waals surface area contributed by atoms with E-state index in [1.54, 1.807) is 29.6 Å². The largest absolute Gasteiger partial charge is 0.496 e. The van der Waals surface area contributed by atoms with Crippen LogP contribution in [0.5, 0.6) is 5.75 Å². The SMILES string of the molecule is COc1ccc(F)cc1CSCc1nnnn1-c1ccccc1. The standard InChI is InChI=1S/C16H15FN4OS/c1-22-15-8-7-13(17)9-12(15)10-23-11-16-18-19-20-21(16)14-5-3-2-4-6-14/h2-9H,10-11H2,1H3. The molecule has 2 aromatic carbocycles. The molecule has 0 amide bonds. The molecule has 0 N–H and O–H groups in total. The van der Waals surface area contributed by atoms with Gasteiger partial charge in [-0.05, 0) is 40.8 Å². The van der Waals surface area contributed by atoms with Crippen LogP contribution in [-0.2, 0) is 11.5 Å². The number of hydrogen-bond donors (Lipinski definition) is 0. The molecule has 3 aromatic rings. The summed E-state index contributed by atoms with van der Waals surface area (Å²) in [6.45, 7) is 0. The van der Waals surface area contributed by atoms with Crippen molar-refractivity contribution in [1.82, 2.24) is 20.2 Å². The van der Waals surface area contributed by atoms with Crippen LogP contribution in [0.25, 0.3) is 5.69 Å². The number of rotatable bonds is 6. The molecule has 0 spiro atoms. The summed E-state index contributed by atoms with van der Waals surface area (Å²) in [6.07, 6.45) is 0. The van der Waals surface area contributed by atoms with Crippen LogP contribution >= 0.6 is 11.8 Å². The lowest BCUT2D eigenvalue weighted by molar-refractivity contribution is 0.410. The monoisotopic (exact) mass is 330 g/mol. The molecule has 5 nitrogen and oxygen atoms in total. The van der Waals surface area contributed by atoms with E-state index in [1.807, 2.05) is 30.3 Å². The van der Waals surface area contributed by atoms with E-state index in [9.17, 15) is 4.39 Å². The smallest absolute Gasteiger partial charge is 0.166 e. The van der Waals surface area contributed by atoms with Gasteiger partial charge in [0.25, 0.3) is 0 Å². The molecule has 1 heterocycles. The molecule has 0 aliphatic rings. The fourth-order valence-corrected chi connectivity index (χ4v) is 3.09. The zero-order valence-corrected chi connectivity index (χ0v) is 13.3. The van der Waals surface area contributed by atoms with Gasteiger partial charge in [0.1, 0.15) is 11.6 Å². The summed E-state index contributed by atoms with van der Waals surface area (Å²) in [5.41, 5.74) is 1.73. The maximum Gasteiger partial charge on any atom is 0.166 e. The molecule has 0 aliphatic heterocycles. The maximum atomic E-state index is 13.4. The highest BCUT2D eigenvalue weighted by Gasteiger charge is 2.10. The molecule has 1 aromatic heterocycles. The van der Waals surface area contributed by atoms with Crippen LogP contribution in [0.4, 0.5) is 4.39 Å². The van der Waals surface area contributed by atoms with E-state index in [0.717, 1.165) is 17.1 Å². The van der Waals surface area contributed by atoms with Crippen molar-refractivity contribution >= 4 is 11.8 Å². The number of halogens is 1. The minimum Gasteiger partial charge on any atom is -0.496 e. The van der Waals surface area contributed by atoms with Crippen molar-refractivity contribution in [3.8, 4) is 11.4 Å². The molecule has 0 saturated heterocycles. The Kier molecular flexibility index (Phi) is 4.87. The van der Waals surface area contributed by atoms with Gasteiger partial charge in [-0.1, -0.05) is 18.2 Å². The van der Waals surface area contributed by atoms with Gasteiger partial charge in [-0.2, -0.15) is 4.68 Å². The van der Waals surface area contributed by atoms with Crippen LogP contribution in [-0.4, -0.2) is 27.3 Å². The summed E-state index contributed by atoms with van der Waals surface area (Å²) < 4.78 is 20.3. The van der Waals surface area contributed by atoms with Gasteiger partial charge < -0.3 is 4.74 Å². The molecule has 0 unspecified atom stereocenters. The van der Waals surface area contributed by atoms with Gasteiger partial charge in [0.15, 0.2) is 5.82 Å². The predicted molar refractivity (Wildman–Crippen MR) is 87.1 cm³/mol. The fourth-order valence-electron chi connectivity index (χ4n) is 2.18. The molecule has 23 heavy (non-hydrogen) atoms. The van der Waals surface area contributed by atoms with Crippen molar-refractivity contribution in [2.75, 3.05) is 7.11 Å². The number of methoxy groups -OCH3 is 1. The van der Waals surface area contributed by atoms with Crippen LogP contribution in [0.1, 0.15) is 11.4 Å². The number of aromatic nitrogens is 4. The summed E-state index contributed by atoms with van der Waals surface area (Å²) in [7, 11) is 1.58. The molecule has 7 heteroatoms. The number of thioether (sulfide) groups is 1. The lowest BCUT2D eigenvalue weighted by atomic mass is 10.2. The van der Waals surface area contributed by atoms with Crippen molar-refractivity contribution in [3.05, 3.63) is 65.7 Å². The Labute approximate surface area is 137 Å². The van der Waals surface area contributed by atoms with Crippen molar-refractivity contribution in [2.45, 2.75) is 11.5 Å². The first-order valence-electron chi connectivity index (χ1n) is 7.01. The molecular weight excluding hydrogens is 315 g/mol. The lowest BCUT2D eigenvalue weighted by Gasteiger charge is -2.08. The molecule has 0 radical (unpaired) electrons. The molecule has 0 fully saturated rings. The number of nitrogens with zero attached hydrogens (tertiary/aromatic N) is 4. The van der Waals surface area contributed by atoms with Gasteiger partial charge in [-0.25, -0.2) is 4.39 Å². The Bertz CT molecular complexity index is 779. The van der Waals surface area contributed by atoms with Crippen LogP contribution in [0, 0.1) is 5.82 Å². The Morgan fingerprint density at radius 3 is 2.74 bits per heavy atom. The second kappa shape index (κ2) is 7.23. The molecule has 0 atom stereocenters. The molecule has 3 rings (SSSR count). The Balaban J connectivity index is 1.69. The number of para-hydroxylation sites is 1. The van der Waals surface area contributed by atoms with E-state index >= 15 is 0 Å². The first-order chi connectivity index (χ1) is 11.3. The summed E-state index contributed by atoms with van der Waals surface area (Å²) in [4.78, 5) is 0. The van der Waals surface area contributed by atoms with Gasteiger partial charge in [0.2, 0.25) is 0 Å². The molecule has 0 saturated carbocycles. The highest BCUT2D eigenvalue weighted by molar-refractivity contribution is 7.97. The third-order valence-electron chi connectivity index (χ3n) is 3.27. The van der Waals surface area contributed by atoms with Gasteiger partial charge in [0.05, 0.1) is 18.6 Å². The minimum absolute atomic E-state index is 0.268. The third-order valence-corrected chi connectivity index (χ3v) is 4.24. The van der Waals surface area contributed by atoms with Gasteiger partial charge in [0, 0.05) is 11.3 Å². The average molecular weight is 330 g/mol. The first kappa shape index (κ1) is 15.5. The molecule has 0 aliphatic carbocycles. The second-order valence-corrected chi connectivity index (χ2v) is 5.78. The number of tetrazole rings is 1. The average Bonchev–Trinajstić information content (AvgIpc) is 3.04. The van der Waals surface area contributed by atoms with Crippen molar-refractivity contribution < 1.29 is 9.13 Å². The van der Waals surface area contributed by atoms with E-state index in [2.05, 4.69) is 15.5 Å². The van der Waals surface area contributed by atoms with Crippen LogP contribution < -0.4 is 4.74 Å². The van der Waals surface area contributed by atoms with E-state index in [4.69, 9.17) is 4.74 Å². The first-order valence-corrected chi connectivity index (χ1v) is 8.16. The van der Waals surface area contributed by atoms with Crippen molar-refractivity contribution in [1.29, 1.82) is 0 Å². The number of benzene rings is 2. The second-order valence-electron chi connectivity index (χ2n) is 4.79. The fraction of sp³-hybridized carbons (Fsp3) is 0.188. The van der Waals surface area contributed by atoms with Crippen LogP contribution in [0.2, 0.25) is 0 Å². The number of hydrogen-bond acceptors (Lipinski definition) is 5. The quantitative estimate of drug-likeness (QED) is 0.694.